The highest BCUT2D eigenvalue weighted by Crippen LogP contribution is 2.44. The number of rotatable bonds is 8. The van der Waals surface area contributed by atoms with E-state index in [1.807, 2.05) is 38.1 Å². The average molecular weight is 479 g/mol. The lowest BCUT2D eigenvalue weighted by atomic mass is 9.86. The van der Waals surface area contributed by atoms with E-state index >= 15 is 0 Å². The van der Waals surface area contributed by atoms with E-state index in [1.165, 1.54) is 22.3 Å². The van der Waals surface area contributed by atoms with Gasteiger partial charge in [0.1, 0.15) is 6.61 Å². The van der Waals surface area contributed by atoms with Gasteiger partial charge in [0, 0.05) is 32.0 Å². The van der Waals surface area contributed by atoms with Crippen molar-refractivity contribution in [1.29, 1.82) is 0 Å². The number of alkyl carbamates (subject to hydrolysis) is 1. The van der Waals surface area contributed by atoms with Gasteiger partial charge < -0.3 is 20.1 Å². The third kappa shape index (κ3) is 5.66. The molecule has 4 rings (SSSR count). The number of carboxylic acid groups (broad SMARTS) is 1. The highest BCUT2D eigenvalue weighted by atomic mass is 16.5. The maximum absolute atomic E-state index is 12.6. The van der Waals surface area contributed by atoms with Crippen LogP contribution < -0.4 is 5.32 Å². The number of benzene rings is 2. The molecule has 0 spiro atoms. The number of hydrogen-bond acceptors (Lipinski definition) is 4. The summed E-state index contributed by atoms with van der Waals surface area (Å²) >= 11 is 0. The number of carbonyl (C=O) groups is 3. The fourth-order valence-corrected chi connectivity index (χ4v) is 5.34. The van der Waals surface area contributed by atoms with Crippen molar-refractivity contribution in [2.45, 2.75) is 39.0 Å². The van der Waals surface area contributed by atoms with E-state index in [2.05, 4.69) is 29.6 Å². The molecular formula is C28H34N2O5. The van der Waals surface area contributed by atoms with Gasteiger partial charge in [-0.3, -0.25) is 9.59 Å². The molecule has 0 saturated carbocycles. The quantitative estimate of drug-likeness (QED) is 0.582. The first kappa shape index (κ1) is 24.8. The standard InChI is InChI=1S/C28H34N2O5/c1-18(15-26(31)30-14-12-20(27(32)33)19(2)16-30)11-13-29-28(34)35-17-25-23-9-5-3-7-21(23)22-8-4-6-10-24(22)25/h3-10,18-20,25H,11-17H2,1-2H3,(H,29,34)(H,32,33). The first-order chi connectivity index (χ1) is 16.8. The minimum atomic E-state index is -0.780. The van der Waals surface area contributed by atoms with Gasteiger partial charge in [0.25, 0.3) is 0 Å². The molecule has 1 saturated heterocycles. The Morgan fingerprint density at radius 3 is 2.31 bits per heavy atom. The maximum atomic E-state index is 12.6. The zero-order valence-corrected chi connectivity index (χ0v) is 20.4. The molecule has 7 heteroatoms. The first-order valence-electron chi connectivity index (χ1n) is 12.4. The number of carbonyl (C=O) groups excluding carboxylic acids is 2. The van der Waals surface area contributed by atoms with E-state index in [-0.39, 0.29) is 36.2 Å². The van der Waals surface area contributed by atoms with Crippen LogP contribution in [0.25, 0.3) is 11.1 Å². The highest BCUT2D eigenvalue weighted by molar-refractivity contribution is 5.79. The fourth-order valence-electron chi connectivity index (χ4n) is 5.34. The minimum absolute atomic E-state index is 0.0253. The molecule has 7 nitrogen and oxygen atoms in total. The number of amides is 2. The van der Waals surface area contributed by atoms with Crippen molar-refractivity contribution in [3.8, 4) is 11.1 Å². The van der Waals surface area contributed by atoms with Gasteiger partial charge in [-0.15, -0.1) is 0 Å². The van der Waals surface area contributed by atoms with Crippen LogP contribution in [-0.2, 0) is 14.3 Å². The third-order valence-electron chi connectivity index (χ3n) is 7.35. The van der Waals surface area contributed by atoms with Crippen molar-refractivity contribution in [1.82, 2.24) is 10.2 Å². The molecule has 35 heavy (non-hydrogen) atoms. The van der Waals surface area contributed by atoms with Crippen molar-refractivity contribution in [2.75, 3.05) is 26.2 Å². The lowest BCUT2D eigenvalue weighted by Gasteiger charge is -2.35. The molecule has 0 radical (unpaired) electrons. The third-order valence-corrected chi connectivity index (χ3v) is 7.35. The van der Waals surface area contributed by atoms with E-state index in [0.29, 0.717) is 38.9 Å². The van der Waals surface area contributed by atoms with Gasteiger partial charge >= 0.3 is 12.1 Å². The van der Waals surface area contributed by atoms with Crippen LogP contribution in [0.1, 0.15) is 50.2 Å². The van der Waals surface area contributed by atoms with Crippen LogP contribution >= 0.6 is 0 Å². The molecule has 2 aromatic rings. The number of fused-ring (bicyclic) bond motifs is 3. The first-order valence-corrected chi connectivity index (χ1v) is 12.4. The molecule has 3 unspecified atom stereocenters. The Balaban J connectivity index is 1.19. The Kier molecular flexibility index (Phi) is 7.73. The molecule has 2 amide bonds. The molecule has 2 N–H and O–H groups in total. The lowest BCUT2D eigenvalue weighted by Crippen LogP contribution is -2.45. The van der Waals surface area contributed by atoms with Crippen LogP contribution in [0.15, 0.2) is 48.5 Å². The second kappa shape index (κ2) is 10.9. The number of piperidine rings is 1. The second-order valence-electron chi connectivity index (χ2n) is 9.90. The molecule has 1 aliphatic carbocycles. The van der Waals surface area contributed by atoms with Gasteiger partial charge in [-0.1, -0.05) is 62.4 Å². The van der Waals surface area contributed by atoms with E-state index in [4.69, 9.17) is 4.74 Å². The summed E-state index contributed by atoms with van der Waals surface area (Å²) in [6.07, 6.45) is 1.10. The van der Waals surface area contributed by atoms with Crippen molar-refractivity contribution in [3.05, 3.63) is 59.7 Å². The molecular weight excluding hydrogens is 444 g/mol. The number of nitrogens with zero attached hydrogens (tertiary/aromatic N) is 1. The summed E-state index contributed by atoms with van der Waals surface area (Å²) in [5.41, 5.74) is 4.74. The van der Waals surface area contributed by atoms with Crippen LogP contribution in [-0.4, -0.2) is 54.2 Å². The Hall–Kier alpha value is -3.35. The number of nitrogens with one attached hydrogen (secondary N) is 1. The van der Waals surface area contributed by atoms with Crippen LogP contribution in [0, 0.1) is 17.8 Å². The molecule has 0 bridgehead atoms. The number of likely N-dealkylation sites (tertiary alicyclic amines) is 1. The van der Waals surface area contributed by atoms with Crippen LogP contribution in [0.3, 0.4) is 0 Å². The molecule has 0 aromatic heterocycles. The topological polar surface area (TPSA) is 95.9 Å². The molecule has 1 aliphatic heterocycles. The van der Waals surface area contributed by atoms with Crippen LogP contribution in [0.4, 0.5) is 4.79 Å². The van der Waals surface area contributed by atoms with Gasteiger partial charge in [0.05, 0.1) is 5.92 Å². The van der Waals surface area contributed by atoms with Crippen molar-refractivity contribution in [3.63, 3.8) is 0 Å². The van der Waals surface area contributed by atoms with Crippen molar-refractivity contribution in [2.24, 2.45) is 17.8 Å². The van der Waals surface area contributed by atoms with Crippen molar-refractivity contribution < 1.29 is 24.2 Å². The normalized spacial score (nSPS) is 20.0. The van der Waals surface area contributed by atoms with Gasteiger partial charge in [0.2, 0.25) is 5.91 Å². The monoisotopic (exact) mass is 478 g/mol. The zero-order chi connectivity index (χ0) is 24.9. The largest absolute Gasteiger partial charge is 0.481 e. The predicted octanol–water partition coefficient (Wildman–Crippen LogP) is 4.51. The average Bonchev–Trinajstić information content (AvgIpc) is 3.16. The summed E-state index contributed by atoms with van der Waals surface area (Å²) in [7, 11) is 0. The summed E-state index contributed by atoms with van der Waals surface area (Å²) in [5, 5.41) is 12.1. The molecule has 2 aliphatic rings. The number of aliphatic carboxylic acids is 1. The van der Waals surface area contributed by atoms with E-state index < -0.39 is 12.1 Å². The summed E-state index contributed by atoms with van der Waals surface area (Å²) in [5.74, 6) is -1.03. The maximum Gasteiger partial charge on any atom is 0.407 e. The Bertz CT molecular complexity index is 1040. The molecule has 1 fully saturated rings. The summed E-state index contributed by atoms with van der Waals surface area (Å²) < 4.78 is 5.57. The second-order valence-corrected chi connectivity index (χ2v) is 9.90. The Morgan fingerprint density at radius 1 is 1.09 bits per heavy atom. The minimum Gasteiger partial charge on any atom is -0.481 e. The molecule has 3 atom stereocenters. The SMILES string of the molecule is CC(CCNC(=O)OCC1c2ccccc2-c2ccccc21)CC(=O)N1CCC(C(=O)O)C(C)C1. The van der Waals surface area contributed by atoms with Crippen molar-refractivity contribution >= 4 is 18.0 Å². The summed E-state index contributed by atoms with van der Waals surface area (Å²) in [6, 6.07) is 16.4. The number of ether oxygens (including phenoxy) is 1. The predicted molar refractivity (Wildman–Crippen MR) is 133 cm³/mol. The summed E-state index contributed by atoms with van der Waals surface area (Å²) in [4.78, 5) is 38.0. The number of hydrogen-bond donors (Lipinski definition) is 2. The Morgan fingerprint density at radius 2 is 1.71 bits per heavy atom. The number of carboxylic acids is 1. The zero-order valence-electron chi connectivity index (χ0n) is 20.4. The van der Waals surface area contributed by atoms with Crippen LogP contribution in [0.2, 0.25) is 0 Å². The smallest absolute Gasteiger partial charge is 0.407 e. The highest BCUT2D eigenvalue weighted by Gasteiger charge is 2.33. The molecule has 2 aromatic carbocycles. The van der Waals surface area contributed by atoms with E-state index in [1.54, 1.807) is 4.90 Å². The molecule has 186 valence electrons. The van der Waals surface area contributed by atoms with E-state index in [0.717, 1.165) is 0 Å². The van der Waals surface area contributed by atoms with E-state index in [9.17, 15) is 19.5 Å². The van der Waals surface area contributed by atoms with Gasteiger partial charge in [-0.05, 0) is 46.9 Å². The van der Waals surface area contributed by atoms with Gasteiger partial charge in [-0.2, -0.15) is 0 Å². The van der Waals surface area contributed by atoms with Gasteiger partial charge in [0.15, 0.2) is 0 Å². The molecule has 1 heterocycles. The van der Waals surface area contributed by atoms with Crippen LogP contribution in [0.5, 0.6) is 0 Å². The summed E-state index contributed by atoms with van der Waals surface area (Å²) in [6.45, 7) is 5.57. The fraction of sp³-hybridized carbons (Fsp3) is 0.464. The Labute approximate surface area is 206 Å². The van der Waals surface area contributed by atoms with Gasteiger partial charge in [-0.25, -0.2) is 4.79 Å². The lowest BCUT2D eigenvalue weighted by molar-refractivity contribution is -0.148.